The summed E-state index contributed by atoms with van der Waals surface area (Å²) in [4.78, 5) is 16.5. The van der Waals surface area contributed by atoms with Crippen molar-refractivity contribution in [2.75, 3.05) is 39.3 Å². The van der Waals surface area contributed by atoms with Crippen molar-refractivity contribution in [1.29, 1.82) is 0 Å². The van der Waals surface area contributed by atoms with E-state index < -0.39 is 0 Å². The van der Waals surface area contributed by atoms with Gasteiger partial charge in [-0.2, -0.15) is 0 Å². The van der Waals surface area contributed by atoms with Crippen molar-refractivity contribution in [1.82, 2.24) is 15.1 Å². The summed E-state index contributed by atoms with van der Waals surface area (Å²) in [6.07, 6.45) is 0.668. The number of nitrogens with one attached hydrogen (secondary N) is 1. The topological polar surface area (TPSA) is 35.6 Å². The van der Waals surface area contributed by atoms with E-state index in [2.05, 4.69) is 31.0 Å². The normalized spacial score (nSPS) is 23.6. The molecule has 0 aromatic heterocycles. The van der Waals surface area contributed by atoms with Gasteiger partial charge in [0.25, 0.3) is 0 Å². The molecule has 0 aromatic rings. The van der Waals surface area contributed by atoms with Gasteiger partial charge in [0.1, 0.15) is 0 Å². The number of amides is 1. The third-order valence-electron chi connectivity index (χ3n) is 3.56. The largest absolute Gasteiger partial charge is 0.339 e. The quantitative estimate of drug-likeness (QED) is 0.764. The van der Waals surface area contributed by atoms with E-state index in [1.807, 2.05) is 4.90 Å². The number of carbonyl (C=O) groups is 1. The Hall–Kier alpha value is -0.610. The minimum absolute atomic E-state index is 0.108. The van der Waals surface area contributed by atoms with E-state index in [1.165, 1.54) is 0 Å². The summed E-state index contributed by atoms with van der Waals surface area (Å²) < 4.78 is 0. The molecule has 0 radical (unpaired) electrons. The lowest BCUT2D eigenvalue weighted by atomic mass is 9.90. The van der Waals surface area contributed by atoms with Gasteiger partial charge in [-0.25, -0.2) is 0 Å². The number of nitrogens with zero attached hydrogens (tertiary/aromatic N) is 2. The molecule has 1 N–H and O–H groups in total. The van der Waals surface area contributed by atoms with Crippen LogP contribution in [-0.4, -0.2) is 61.0 Å². The van der Waals surface area contributed by atoms with Crippen LogP contribution in [0.1, 0.15) is 27.2 Å². The van der Waals surface area contributed by atoms with Gasteiger partial charge in [0.2, 0.25) is 5.91 Å². The molecule has 0 unspecified atom stereocenters. The number of likely N-dealkylation sites (tertiary alicyclic amines) is 1. The van der Waals surface area contributed by atoms with E-state index in [4.69, 9.17) is 0 Å². The highest BCUT2D eigenvalue weighted by atomic mass is 16.2. The second kappa shape index (κ2) is 4.94. The molecular weight excluding hydrogens is 214 g/mol. The Kier molecular flexibility index (Phi) is 3.73. The fourth-order valence-electron chi connectivity index (χ4n) is 2.50. The van der Waals surface area contributed by atoms with Crippen LogP contribution in [0.2, 0.25) is 0 Å². The first-order valence-electron chi connectivity index (χ1n) is 6.68. The molecule has 0 saturated carbocycles. The lowest BCUT2D eigenvalue weighted by molar-refractivity contribution is -0.140. The van der Waals surface area contributed by atoms with Crippen LogP contribution in [0, 0.1) is 5.41 Å². The molecule has 0 atom stereocenters. The Morgan fingerprint density at radius 2 is 1.82 bits per heavy atom. The monoisotopic (exact) mass is 239 g/mol. The first-order valence-corrected chi connectivity index (χ1v) is 6.68. The maximum atomic E-state index is 12.0. The summed E-state index contributed by atoms with van der Waals surface area (Å²) in [6.45, 7) is 12.7. The highest BCUT2D eigenvalue weighted by molar-refractivity contribution is 5.77. The number of rotatable bonds is 2. The second-order valence-electron chi connectivity index (χ2n) is 6.48. The van der Waals surface area contributed by atoms with Crippen LogP contribution < -0.4 is 5.32 Å². The third-order valence-corrected chi connectivity index (χ3v) is 3.56. The van der Waals surface area contributed by atoms with Gasteiger partial charge < -0.3 is 10.2 Å². The van der Waals surface area contributed by atoms with E-state index in [0.717, 1.165) is 39.3 Å². The van der Waals surface area contributed by atoms with E-state index in [-0.39, 0.29) is 5.41 Å². The van der Waals surface area contributed by atoms with Crippen LogP contribution in [0.25, 0.3) is 0 Å². The van der Waals surface area contributed by atoms with Gasteiger partial charge in [0.05, 0.1) is 0 Å². The van der Waals surface area contributed by atoms with Crippen LogP contribution in [0.4, 0.5) is 0 Å². The third kappa shape index (κ3) is 3.42. The van der Waals surface area contributed by atoms with Crippen LogP contribution in [-0.2, 0) is 4.79 Å². The standard InChI is InChI=1S/C13H25N3O/c1-13(2,3)8-12(17)16-9-11(10-16)15-6-4-14-5-7-15/h11,14H,4-10H2,1-3H3. The summed E-state index contributed by atoms with van der Waals surface area (Å²) in [5.74, 6) is 0.323. The molecule has 2 aliphatic rings. The molecule has 98 valence electrons. The Labute approximate surface area is 104 Å². The number of hydrogen-bond donors (Lipinski definition) is 1. The molecule has 2 saturated heterocycles. The first-order chi connectivity index (χ1) is 7.96. The van der Waals surface area contributed by atoms with E-state index in [1.54, 1.807) is 0 Å². The van der Waals surface area contributed by atoms with Crippen molar-refractivity contribution < 1.29 is 4.79 Å². The van der Waals surface area contributed by atoms with Gasteiger partial charge in [-0.05, 0) is 5.41 Å². The van der Waals surface area contributed by atoms with E-state index >= 15 is 0 Å². The highest BCUT2D eigenvalue weighted by Gasteiger charge is 2.35. The van der Waals surface area contributed by atoms with Crippen molar-refractivity contribution >= 4 is 5.91 Å². The molecular formula is C13H25N3O. The van der Waals surface area contributed by atoms with Gasteiger partial charge in [0, 0.05) is 51.7 Å². The number of hydrogen-bond acceptors (Lipinski definition) is 3. The minimum atomic E-state index is 0.108. The van der Waals surface area contributed by atoms with E-state index in [0.29, 0.717) is 18.4 Å². The zero-order chi connectivity index (χ0) is 12.5. The SMILES string of the molecule is CC(C)(C)CC(=O)N1CC(N2CCNCC2)C1. The van der Waals surface area contributed by atoms with Crippen molar-refractivity contribution in [3.8, 4) is 0 Å². The van der Waals surface area contributed by atoms with Crippen LogP contribution in [0.5, 0.6) is 0 Å². The molecule has 2 fully saturated rings. The zero-order valence-electron chi connectivity index (χ0n) is 11.3. The Balaban J connectivity index is 1.72. The van der Waals surface area contributed by atoms with Crippen molar-refractivity contribution in [3.63, 3.8) is 0 Å². The molecule has 0 aliphatic carbocycles. The fraction of sp³-hybridized carbons (Fsp3) is 0.923. The molecule has 1 amide bonds. The molecule has 0 spiro atoms. The highest BCUT2D eigenvalue weighted by Crippen LogP contribution is 2.23. The summed E-state index contributed by atoms with van der Waals surface area (Å²) in [5.41, 5.74) is 0.108. The molecule has 2 rings (SSSR count). The number of piperazine rings is 1. The zero-order valence-corrected chi connectivity index (χ0v) is 11.3. The van der Waals surface area contributed by atoms with Crippen LogP contribution >= 0.6 is 0 Å². The predicted molar refractivity (Wildman–Crippen MR) is 68.9 cm³/mol. The summed E-state index contributed by atoms with van der Waals surface area (Å²) in [7, 11) is 0. The smallest absolute Gasteiger partial charge is 0.223 e. The average molecular weight is 239 g/mol. The van der Waals surface area contributed by atoms with Gasteiger partial charge in [-0.1, -0.05) is 20.8 Å². The summed E-state index contributed by atoms with van der Waals surface area (Å²) in [6, 6.07) is 0.612. The molecule has 2 heterocycles. The first kappa shape index (κ1) is 12.8. The molecule has 2 aliphatic heterocycles. The van der Waals surface area contributed by atoms with Crippen molar-refractivity contribution in [2.45, 2.75) is 33.2 Å². The second-order valence-corrected chi connectivity index (χ2v) is 6.48. The predicted octanol–water partition coefficient (Wildman–Crippen LogP) is 0.539. The molecule has 17 heavy (non-hydrogen) atoms. The average Bonchev–Trinajstić information content (AvgIpc) is 2.14. The van der Waals surface area contributed by atoms with E-state index in [9.17, 15) is 4.79 Å². The summed E-state index contributed by atoms with van der Waals surface area (Å²) in [5, 5.41) is 3.36. The van der Waals surface area contributed by atoms with Crippen LogP contribution in [0.15, 0.2) is 0 Å². The lowest BCUT2D eigenvalue weighted by Crippen LogP contribution is -2.64. The maximum Gasteiger partial charge on any atom is 0.223 e. The molecule has 4 nitrogen and oxygen atoms in total. The van der Waals surface area contributed by atoms with Crippen LogP contribution in [0.3, 0.4) is 0 Å². The lowest BCUT2D eigenvalue weighted by Gasteiger charge is -2.47. The summed E-state index contributed by atoms with van der Waals surface area (Å²) >= 11 is 0. The Bertz CT molecular complexity index is 273. The van der Waals surface area contributed by atoms with Gasteiger partial charge in [-0.15, -0.1) is 0 Å². The molecule has 0 aromatic carbocycles. The molecule has 0 bridgehead atoms. The van der Waals surface area contributed by atoms with Crippen molar-refractivity contribution in [2.24, 2.45) is 5.41 Å². The maximum absolute atomic E-state index is 12.0. The number of carbonyl (C=O) groups excluding carboxylic acids is 1. The fourth-order valence-corrected chi connectivity index (χ4v) is 2.50. The molecule has 4 heteroatoms. The Morgan fingerprint density at radius 3 is 2.35 bits per heavy atom. The minimum Gasteiger partial charge on any atom is -0.339 e. The Morgan fingerprint density at radius 1 is 1.24 bits per heavy atom. The van der Waals surface area contributed by atoms with Gasteiger partial charge in [-0.3, -0.25) is 9.69 Å². The van der Waals surface area contributed by atoms with Gasteiger partial charge in [0.15, 0.2) is 0 Å². The van der Waals surface area contributed by atoms with Gasteiger partial charge >= 0.3 is 0 Å². The van der Waals surface area contributed by atoms with Crippen molar-refractivity contribution in [3.05, 3.63) is 0 Å².